The van der Waals surface area contributed by atoms with Crippen LogP contribution in [-0.2, 0) is 14.3 Å². The van der Waals surface area contributed by atoms with E-state index in [2.05, 4.69) is 39.0 Å². The van der Waals surface area contributed by atoms with Gasteiger partial charge in [0.25, 0.3) is 0 Å². The smallest absolute Gasteiger partial charge is 0.171 e. The summed E-state index contributed by atoms with van der Waals surface area (Å²) in [6, 6.07) is 8.38. The number of carbonyl (C=O) groups is 1. The molecule has 0 bridgehead atoms. The second-order valence-electron chi connectivity index (χ2n) is 13.4. The van der Waals surface area contributed by atoms with Gasteiger partial charge in [0.15, 0.2) is 5.79 Å². The minimum atomic E-state index is -1.00. The molecule has 7 rings (SSSR count). The van der Waals surface area contributed by atoms with Gasteiger partial charge in [-0.05, 0) is 61.5 Å². The molecule has 0 radical (unpaired) electrons. The van der Waals surface area contributed by atoms with Crippen molar-refractivity contribution in [2.45, 2.75) is 95.0 Å². The van der Waals surface area contributed by atoms with Gasteiger partial charge in [0, 0.05) is 36.0 Å². The number of Topliss-reactive ketones (excluding diaryl/α,β-unsaturated/α-hetero) is 1. The van der Waals surface area contributed by atoms with Gasteiger partial charge < -0.3 is 19.3 Å². The maximum absolute atomic E-state index is 13.2. The lowest BCUT2D eigenvalue weighted by Crippen LogP contribution is -2.75. The second-order valence-corrected chi connectivity index (χ2v) is 13.4. The molecule has 5 fully saturated rings. The Bertz CT molecular complexity index is 1040. The van der Waals surface area contributed by atoms with E-state index in [0.29, 0.717) is 50.1 Å². The number of aliphatic hydroxyl groups is 1. The number of benzene rings is 1. The lowest BCUT2D eigenvalue weighted by molar-refractivity contribution is -0.363. The molecular formula is C29H38O5. The summed E-state index contributed by atoms with van der Waals surface area (Å²) in [5.41, 5.74) is -0.666. The van der Waals surface area contributed by atoms with Crippen LogP contribution >= 0.6 is 0 Å². The predicted octanol–water partition coefficient (Wildman–Crippen LogP) is 5.00. The monoisotopic (exact) mass is 466 g/mol. The molecule has 184 valence electrons. The maximum Gasteiger partial charge on any atom is 0.171 e. The minimum absolute atomic E-state index is 0.00508. The Labute approximate surface area is 202 Å². The Kier molecular flexibility index (Phi) is 4.27. The topological polar surface area (TPSA) is 65.0 Å². The van der Waals surface area contributed by atoms with Crippen LogP contribution in [0.3, 0.4) is 0 Å². The fourth-order valence-electron chi connectivity index (χ4n) is 9.29. The summed E-state index contributed by atoms with van der Waals surface area (Å²) < 4.78 is 19.8. The first-order valence-electron chi connectivity index (χ1n) is 13.4. The quantitative estimate of drug-likeness (QED) is 0.583. The molecule has 2 heterocycles. The van der Waals surface area contributed by atoms with Crippen LogP contribution in [0.5, 0.6) is 5.75 Å². The van der Waals surface area contributed by atoms with Crippen molar-refractivity contribution in [3.63, 3.8) is 0 Å². The van der Waals surface area contributed by atoms with E-state index in [1.54, 1.807) is 0 Å². The molecule has 2 spiro atoms. The zero-order valence-electron chi connectivity index (χ0n) is 20.8. The zero-order chi connectivity index (χ0) is 23.6. The molecule has 2 aliphatic heterocycles. The molecule has 5 nitrogen and oxygen atoms in total. The molecule has 6 aliphatic rings. The lowest BCUT2D eigenvalue weighted by atomic mass is 9.43. The van der Waals surface area contributed by atoms with Crippen LogP contribution in [-0.4, -0.2) is 41.1 Å². The molecule has 7 atom stereocenters. The standard InChI is InChI=1S/C29H38O5/c1-25(2)16-32-28(33-17-25)12-13-29-24-19(10-11-27(29,31)15-28)21-8-9-23(30)26(21,3)14-20(24)18-6-4-5-7-22(18)34-29/h4-7,19-21,24,31H,8-17H2,1-3H3/t19-,20+,21-,24+,26-,27+,29-/m0/s1. The fourth-order valence-corrected chi connectivity index (χ4v) is 9.29. The Morgan fingerprint density at radius 3 is 2.56 bits per heavy atom. The number of hydrogen-bond donors (Lipinski definition) is 1. The van der Waals surface area contributed by atoms with Gasteiger partial charge in [-0.3, -0.25) is 4.79 Å². The minimum Gasteiger partial charge on any atom is -0.484 e. The van der Waals surface area contributed by atoms with Crippen LogP contribution in [0, 0.1) is 28.6 Å². The van der Waals surface area contributed by atoms with E-state index < -0.39 is 17.0 Å². The molecule has 0 aromatic heterocycles. The van der Waals surface area contributed by atoms with Crippen molar-refractivity contribution in [1.29, 1.82) is 0 Å². The Morgan fingerprint density at radius 1 is 1.00 bits per heavy atom. The number of carbonyl (C=O) groups excluding carboxylic acids is 1. The summed E-state index contributed by atoms with van der Waals surface area (Å²) in [6.45, 7) is 7.86. The average molecular weight is 467 g/mol. The lowest BCUT2D eigenvalue weighted by Gasteiger charge is -2.68. The van der Waals surface area contributed by atoms with E-state index >= 15 is 0 Å². The van der Waals surface area contributed by atoms with Gasteiger partial charge in [0.2, 0.25) is 0 Å². The van der Waals surface area contributed by atoms with Crippen LogP contribution in [0.2, 0.25) is 0 Å². The molecule has 4 saturated carbocycles. The molecule has 0 amide bonds. The highest BCUT2D eigenvalue weighted by Crippen LogP contribution is 2.71. The molecule has 4 aliphatic carbocycles. The van der Waals surface area contributed by atoms with Gasteiger partial charge in [0.05, 0.1) is 13.2 Å². The van der Waals surface area contributed by atoms with Gasteiger partial charge in [-0.15, -0.1) is 0 Å². The van der Waals surface area contributed by atoms with Crippen LogP contribution in [0.15, 0.2) is 24.3 Å². The number of fused-ring (bicyclic) bond motifs is 4. The molecule has 34 heavy (non-hydrogen) atoms. The highest BCUT2D eigenvalue weighted by atomic mass is 16.7. The van der Waals surface area contributed by atoms with Crippen molar-refractivity contribution in [3.8, 4) is 5.75 Å². The van der Waals surface area contributed by atoms with E-state index in [0.717, 1.165) is 37.9 Å². The second kappa shape index (κ2) is 6.66. The SMILES string of the molecule is CC1(C)COC2(CC[C@@]34Oc5ccccc5[C@H]5C[C@]6(C)C(=O)CC[C@H]6[C@H](CC[C@@]3(O)C2)[C@H]54)OC1. The molecule has 1 aromatic carbocycles. The molecular weight excluding hydrogens is 428 g/mol. The van der Waals surface area contributed by atoms with E-state index in [9.17, 15) is 9.90 Å². The summed E-state index contributed by atoms with van der Waals surface area (Å²) in [5.74, 6) is 1.90. The van der Waals surface area contributed by atoms with Crippen LogP contribution in [0.1, 0.15) is 83.6 Å². The highest BCUT2D eigenvalue weighted by Gasteiger charge is 2.74. The first-order valence-corrected chi connectivity index (χ1v) is 13.4. The van der Waals surface area contributed by atoms with Crippen molar-refractivity contribution in [2.24, 2.45) is 28.6 Å². The summed E-state index contributed by atoms with van der Waals surface area (Å²) in [6.07, 6.45) is 6.14. The van der Waals surface area contributed by atoms with Crippen LogP contribution in [0.25, 0.3) is 0 Å². The van der Waals surface area contributed by atoms with Crippen molar-refractivity contribution in [1.82, 2.24) is 0 Å². The van der Waals surface area contributed by atoms with Gasteiger partial charge in [-0.25, -0.2) is 0 Å². The Hall–Kier alpha value is -1.43. The van der Waals surface area contributed by atoms with Crippen molar-refractivity contribution >= 4 is 5.78 Å². The summed E-state index contributed by atoms with van der Waals surface area (Å²) >= 11 is 0. The number of rotatable bonds is 0. The average Bonchev–Trinajstić information content (AvgIpc) is 3.11. The third-order valence-electron chi connectivity index (χ3n) is 10.9. The third-order valence-corrected chi connectivity index (χ3v) is 10.9. The van der Waals surface area contributed by atoms with E-state index in [4.69, 9.17) is 14.2 Å². The van der Waals surface area contributed by atoms with Crippen LogP contribution in [0.4, 0.5) is 0 Å². The number of para-hydroxylation sites is 1. The zero-order valence-corrected chi connectivity index (χ0v) is 20.8. The highest BCUT2D eigenvalue weighted by molar-refractivity contribution is 5.87. The van der Waals surface area contributed by atoms with Crippen LogP contribution < -0.4 is 4.74 Å². The Balaban J connectivity index is 1.33. The first kappa shape index (κ1) is 21.8. The third kappa shape index (κ3) is 2.64. The van der Waals surface area contributed by atoms with E-state index in [1.165, 1.54) is 5.56 Å². The molecule has 1 N–H and O–H groups in total. The normalized spacial score (nSPS) is 47.7. The number of hydrogen-bond acceptors (Lipinski definition) is 5. The molecule has 1 saturated heterocycles. The predicted molar refractivity (Wildman–Crippen MR) is 126 cm³/mol. The summed E-state index contributed by atoms with van der Waals surface area (Å²) in [4.78, 5) is 13.2. The molecule has 1 aromatic rings. The summed E-state index contributed by atoms with van der Waals surface area (Å²) in [5, 5.41) is 12.5. The fraction of sp³-hybridized carbons (Fsp3) is 0.759. The molecule has 5 heteroatoms. The molecule has 0 unspecified atom stereocenters. The van der Waals surface area contributed by atoms with Gasteiger partial charge in [-0.2, -0.15) is 0 Å². The van der Waals surface area contributed by atoms with Gasteiger partial charge >= 0.3 is 0 Å². The van der Waals surface area contributed by atoms with E-state index in [-0.39, 0.29) is 22.7 Å². The maximum atomic E-state index is 13.2. The van der Waals surface area contributed by atoms with Crippen molar-refractivity contribution in [3.05, 3.63) is 29.8 Å². The first-order chi connectivity index (χ1) is 16.1. The largest absolute Gasteiger partial charge is 0.484 e. The summed E-state index contributed by atoms with van der Waals surface area (Å²) in [7, 11) is 0. The number of ketones is 1. The van der Waals surface area contributed by atoms with Crippen molar-refractivity contribution in [2.75, 3.05) is 13.2 Å². The van der Waals surface area contributed by atoms with E-state index in [1.807, 2.05) is 6.07 Å². The van der Waals surface area contributed by atoms with Gasteiger partial charge in [-0.1, -0.05) is 39.0 Å². The number of ether oxygens (including phenoxy) is 3. The van der Waals surface area contributed by atoms with Crippen molar-refractivity contribution < 1.29 is 24.1 Å². The van der Waals surface area contributed by atoms with Gasteiger partial charge in [0.1, 0.15) is 22.7 Å². The Morgan fingerprint density at radius 2 is 1.76 bits per heavy atom.